The number of halogens is 1. The molecule has 3 heterocycles. The average molecular weight is 436 g/mol. The van der Waals surface area contributed by atoms with Crippen LogP contribution in [-0.4, -0.2) is 46.0 Å². The van der Waals surface area contributed by atoms with E-state index >= 15 is 0 Å². The van der Waals surface area contributed by atoms with E-state index in [9.17, 15) is 9.18 Å². The second-order valence-corrected chi connectivity index (χ2v) is 7.66. The molecule has 166 valence electrons. The molecule has 0 bridgehead atoms. The Morgan fingerprint density at radius 1 is 1.09 bits per heavy atom. The minimum atomic E-state index is -0.536. The number of carbonyl (C=O) groups excluding carboxylic acids is 1. The maximum absolute atomic E-state index is 13.1. The van der Waals surface area contributed by atoms with Crippen LogP contribution < -0.4 is 15.5 Å². The van der Waals surface area contributed by atoms with Crippen molar-refractivity contribution in [3.05, 3.63) is 59.9 Å². The van der Waals surface area contributed by atoms with Gasteiger partial charge < -0.3 is 15.5 Å². The summed E-state index contributed by atoms with van der Waals surface area (Å²) in [6.45, 7) is 1.14. The van der Waals surface area contributed by atoms with Crippen LogP contribution in [0.2, 0.25) is 0 Å². The fourth-order valence-corrected chi connectivity index (χ4v) is 3.77. The van der Waals surface area contributed by atoms with Crippen molar-refractivity contribution >= 4 is 17.8 Å². The Bertz CT molecular complexity index is 1060. The fraction of sp³-hybridized carbons (Fsp3) is 0.348. The summed E-state index contributed by atoms with van der Waals surface area (Å²) in [7, 11) is 1.77. The molecule has 8 nitrogen and oxygen atoms in total. The van der Waals surface area contributed by atoms with E-state index in [2.05, 4.69) is 35.5 Å². The molecule has 3 aromatic rings. The lowest BCUT2D eigenvalue weighted by atomic mass is 9.96. The zero-order chi connectivity index (χ0) is 22.3. The lowest BCUT2D eigenvalue weighted by Gasteiger charge is -2.31. The van der Waals surface area contributed by atoms with Crippen LogP contribution in [0.3, 0.4) is 0 Å². The highest BCUT2D eigenvalue weighted by Crippen LogP contribution is 2.24. The number of benzene rings is 1. The third-order valence-corrected chi connectivity index (χ3v) is 5.63. The molecule has 0 saturated carbocycles. The maximum Gasteiger partial charge on any atom is 0.230 e. The second kappa shape index (κ2) is 10.1. The normalized spacial score (nSPS) is 14.2. The van der Waals surface area contributed by atoms with Crippen molar-refractivity contribution in [3.8, 4) is 11.4 Å². The van der Waals surface area contributed by atoms with Crippen molar-refractivity contribution in [2.45, 2.75) is 26.1 Å². The van der Waals surface area contributed by atoms with E-state index < -0.39 is 6.67 Å². The van der Waals surface area contributed by atoms with E-state index in [0.29, 0.717) is 55.8 Å². The van der Waals surface area contributed by atoms with E-state index in [1.165, 1.54) is 0 Å². The summed E-state index contributed by atoms with van der Waals surface area (Å²) in [6, 6.07) is 11.0. The van der Waals surface area contributed by atoms with Gasteiger partial charge in [0.15, 0.2) is 5.82 Å². The average Bonchev–Trinajstić information content (AvgIpc) is 2.87. The molecule has 2 N–H and O–H groups in total. The topological polar surface area (TPSA) is 95.9 Å². The Balaban J connectivity index is 1.38. The number of pyridine rings is 1. The number of piperidine rings is 1. The Hall–Kier alpha value is -3.62. The molecular formula is C23H26FN7O. The lowest BCUT2D eigenvalue weighted by Crippen LogP contribution is -2.41. The lowest BCUT2D eigenvalue weighted by molar-refractivity contribution is -0.125. The van der Waals surface area contributed by atoms with Crippen LogP contribution in [0, 0.1) is 5.92 Å². The number of aromatic nitrogens is 4. The van der Waals surface area contributed by atoms with Gasteiger partial charge in [-0.1, -0.05) is 24.3 Å². The third-order valence-electron chi connectivity index (χ3n) is 5.63. The summed E-state index contributed by atoms with van der Waals surface area (Å²) in [6.07, 6.45) is 4.81. The highest BCUT2D eigenvalue weighted by molar-refractivity contribution is 5.79. The molecule has 1 aliphatic rings. The summed E-state index contributed by atoms with van der Waals surface area (Å²) in [5.74, 6) is 1.53. The number of carbonyl (C=O) groups is 1. The smallest absolute Gasteiger partial charge is 0.230 e. The van der Waals surface area contributed by atoms with Crippen LogP contribution in [0.5, 0.6) is 0 Å². The summed E-state index contributed by atoms with van der Waals surface area (Å²) in [5.41, 5.74) is 2.24. The highest BCUT2D eigenvalue weighted by atomic mass is 19.1. The van der Waals surface area contributed by atoms with Gasteiger partial charge in [0.05, 0.1) is 0 Å². The van der Waals surface area contributed by atoms with Crippen molar-refractivity contribution in [3.63, 3.8) is 0 Å². The van der Waals surface area contributed by atoms with Gasteiger partial charge >= 0.3 is 0 Å². The van der Waals surface area contributed by atoms with Crippen molar-refractivity contribution < 1.29 is 9.18 Å². The Labute approximate surface area is 186 Å². The van der Waals surface area contributed by atoms with Crippen LogP contribution in [-0.2, 0) is 18.0 Å². The predicted molar refractivity (Wildman–Crippen MR) is 121 cm³/mol. The van der Waals surface area contributed by atoms with Crippen molar-refractivity contribution in [2.24, 2.45) is 5.92 Å². The molecule has 32 heavy (non-hydrogen) atoms. The van der Waals surface area contributed by atoms with Crippen LogP contribution in [0.15, 0.2) is 48.8 Å². The standard InChI is InChI=1S/C23H26FN7O/c1-25-22-28-20(19-7-4-10-26-14-19)29-23(30-22)31-11-8-16(9-12-31)21(32)27-15-18-6-3-2-5-17(18)13-24/h2-7,10,14,16H,8-9,11-13,15H2,1H3,(H,27,32)(H,25,28,29,30). The van der Waals surface area contributed by atoms with Crippen molar-refractivity contribution in [1.82, 2.24) is 25.3 Å². The summed E-state index contributed by atoms with van der Waals surface area (Å²) >= 11 is 0. The molecule has 0 radical (unpaired) electrons. The second-order valence-electron chi connectivity index (χ2n) is 7.66. The van der Waals surface area contributed by atoms with Crippen molar-refractivity contribution in [1.29, 1.82) is 0 Å². The summed E-state index contributed by atoms with van der Waals surface area (Å²) in [4.78, 5) is 32.5. The SMILES string of the molecule is CNc1nc(-c2cccnc2)nc(N2CCC(C(=O)NCc3ccccc3CF)CC2)n1. The van der Waals surface area contributed by atoms with Gasteiger partial charge in [-0.25, -0.2) is 4.39 Å². The molecule has 9 heteroatoms. The minimum absolute atomic E-state index is 0.000853. The van der Waals surface area contributed by atoms with Crippen LogP contribution in [0.25, 0.3) is 11.4 Å². The van der Waals surface area contributed by atoms with E-state index in [1.807, 2.05) is 24.3 Å². The number of anilines is 2. The van der Waals surface area contributed by atoms with E-state index in [1.54, 1.807) is 31.6 Å². The largest absolute Gasteiger partial charge is 0.357 e. The molecule has 1 aliphatic heterocycles. The van der Waals surface area contributed by atoms with Gasteiger partial charge in [-0.3, -0.25) is 9.78 Å². The number of rotatable bonds is 7. The van der Waals surface area contributed by atoms with E-state index in [-0.39, 0.29) is 11.8 Å². The van der Waals surface area contributed by atoms with E-state index in [4.69, 9.17) is 0 Å². The molecule has 0 aliphatic carbocycles. The van der Waals surface area contributed by atoms with Crippen LogP contribution in [0.1, 0.15) is 24.0 Å². The summed E-state index contributed by atoms with van der Waals surface area (Å²) in [5, 5.41) is 5.95. The first kappa shape index (κ1) is 21.6. The summed E-state index contributed by atoms with van der Waals surface area (Å²) < 4.78 is 13.1. The van der Waals surface area contributed by atoms with Gasteiger partial charge in [0.1, 0.15) is 6.67 Å². The van der Waals surface area contributed by atoms with Gasteiger partial charge in [0.2, 0.25) is 17.8 Å². The van der Waals surface area contributed by atoms with E-state index in [0.717, 1.165) is 11.1 Å². The first-order chi connectivity index (χ1) is 15.7. The fourth-order valence-electron chi connectivity index (χ4n) is 3.77. The molecule has 4 rings (SSSR count). The van der Waals surface area contributed by atoms with Gasteiger partial charge in [-0.2, -0.15) is 15.0 Å². The molecule has 0 atom stereocenters. The maximum atomic E-state index is 13.1. The van der Waals surface area contributed by atoms with Crippen LogP contribution >= 0.6 is 0 Å². The number of hydrogen-bond acceptors (Lipinski definition) is 7. The number of nitrogens with one attached hydrogen (secondary N) is 2. The molecular weight excluding hydrogens is 409 g/mol. The monoisotopic (exact) mass is 435 g/mol. The zero-order valence-corrected chi connectivity index (χ0v) is 18.0. The zero-order valence-electron chi connectivity index (χ0n) is 18.0. The van der Waals surface area contributed by atoms with Crippen LogP contribution in [0.4, 0.5) is 16.3 Å². The number of hydrogen-bond donors (Lipinski definition) is 2. The molecule has 1 amide bonds. The first-order valence-electron chi connectivity index (χ1n) is 10.7. The van der Waals surface area contributed by atoms with Gasteiger partial charge in [-0.15, -0.1) is 0 Å². The molecule has 1 fully saturated rings. The highest BCUT2D eigenvalue weighted by Gasteiger charge is 2.27. The van der Waals surface area contributed by atoms with Crippen molar-refractivity contribution in [2.75, 3.05) is 30.4 Å². The number of nitrogens with zero attached hydrogens (tertiary/aromatic N) is 5. The molecule has 1 saturated heterocycles. The Morgan fingerprint density at radius 2 is 1.88 bits per heavy atom. The Kier molecular flexibility index (Phi) is 6.84. The Morgan fingerprint density at radius 3 is 2.56 bits per heavy atom. The number of amides is 1. The van der Waals surface area contributed by atoms with Gasteiger partial charge in [0, 0.05) is 50.6 Å². The third kappa shape index (κ3) is 4.99. The molecule has 2 aromatic heterocycles. The van der Waals surface area contributed by atoms with Gasteiger partial charge in [-0.05, 0) is 36.1 Å². The minimum Gasteiger partial charge on any atom is -0.357 e. The first-order valence-corrected chi connectivity index (χ1v) is 10.7. The quantitative estimate of drug-likeness (QED) is 0.589. The molecule has 0 spiro atoms. The van der Waals surface area contributed by atoms with Gasteiger partial charge in [0.25, 0.3) is 0 Å². The molecule has 0 unspecified atom stereocenters. The number of alkyl halides is 1. The molecule has 1 aromatic carbocycles. The predicted octanol–water partition coefficient (Wildman–Crippen LogP) is 2.98.